The molecule has 12 heteroatoms. The number of carbonyl (C=O) groups excluding carboxylic acids is 2. The van der Waals surface area contributed by atoms with Crippen LogP contribution in [0.1, 0.15) is 25.0 Å². The van der Waals surface area contributed by atoms with Crippen molar-refractivity contribution in [1.29, 1.82) is 0 Å². The van der Waals surface area contributed by atoms with Gasteiger partial charge in [-0.2, -0.15) is 0 Å². The largest absolute Gasteiger partial charge is 0.496 e. The van der Waals surface area contributed by atoms with E-state index in [0.717, 1.165) is 11.6 Å². The number of benzene rings is 2. The molecule has 0 aromatic heterocycles. The molecule has 2 rings (SSSR count). The first-order valence-corrected chi connectivity index (χ1v) is 13.5. The summed E-state index contributed by atoms with van der Waals surface area (Å²) >= 11 is 0. The van der Waals surface area contributed by atoms with Gasteiger partial charge in [0.05, 0.1) is 58.7 Å². The molecule has 0 fully saturated rings. The quantitative estimate of drug-likeness (QED) is 0.156. The molecular weight excluding hydrogens is 530 g/mol. The summed E-state index contributed by atoms with van der Waals surface area (Å²) in [7, 11) is 2.07. The molecule has 1 N–H and O–H groups in total. The van der Waals surface area contributed by atoms with E-state index in [1.807, 2.05) is 0 Å². The summed E-state index contributed by atoms with van der Waals surface area (Å²) in [6.45, 7) is 3.34. The minimum absolute atomic E-state index is 0.0635. The Hall–Kier alpha value is -4.19. The van der Waals surface area contributed by atoms with Crippen LogP contribution in [-0.4, -0.2) is 62.0 Å². The summed E-state index contributed by atoms with van der Waals surface area (Å²) in [6, 6.07) is 7.92. The zero-order valence-electron chi connectivity index (χ0n) is 22.7. The minimum atomic E-state index is -3.76. The van der Waals surface area contributed by atoms with E-state index in [0.29, 0.717) is 39.8 Å². The number of esters is 2. The van der Waals surface area contributed by atoms with Crippen molar-refractivity contribution < 1.29 is 46.4 Å². The number of carbonyl (C=O) groups is 2. The molecule has 2 aromatic rings. The Balaban J connectivity index is 2.36. The average molecular weight is 564 g/mol. The summed E-state index contributed by atoms with van der Waals surface area (Å²) in [6.07, 6.45) is 2.52. The third-order valence-corrected chi connectivity index (χ3v) is 6.48. The van der Waals surface area contributed by atoms with Crippen molar-refractivity contribution in [2.75, 3.05) is 47.0 Å². The maximum atomic E-state index is 13.0. The van der Waals surface area contributed by atoms with E-state index in [1.165, 1.54) is 40.6 Å². The molecule has 0 aliphatic rings. The predicted octanol–water partition coefficient (Wildman–Crippen LogP) is 3.73. The summed E-state index contributed by atoms with van der Waals surface area (Å²) < 4.78 is 57.1. The van der Waals surface area contributed by atoms with E-state index in [2.05, 4.69) is 5.32 Å². The molecule has 0 saturated heterocycles. The number of anilines is 1. The Bertz CT molecular complexity index is 1290. The van der Waals surface area contributed by atoms with Crippen LogP contribution in [-0.2, 0) is 34.7 Å². The second-order valence-corrected chi connectivity index (χ2v) is 9.62. The van der Waals surface area contributed by atoms with Crippen LogP contribution in [0.25, 0.3) is 6.08 Å². The average Bonchev–Trinajstić information content (AvgIpc) is 2.91. The molecule has 11 nitrogen and oxygen atoms in total. The number of nitrogens with one attached hydrogen (secondary N) is 1. The number of rotatable bonds is 14. The molecule has 0 radical (unpaired) electrons. The zero-order valence-corrected chi connectivity index (χ0v) is 23.5. The van der Waals surface area contributed by atoms with Crippen molar-refractivity contribution in [1.82, 2.24) is 0 Å². The molecule has 212 valence electrons. The molecule has 0 spiro atoms. The molecule has 0 heterocycles. The van der Waals surface area contributed by atoms with Gasteiger partial charge in [-0.3, -0.25) is 0 Å². The van der Waals surface area contributed by atoms with Crippen LogP contribution in [0, 0.1) is 0 Å². The van der Waals surface area contributed by atoms with Crippen molar-refractivity contribution in [2.45, 2.75) is 19.6 Å². The Morgan fingerprint density at radius 2 is 1.38 bits per heavy atom. The molecule has 0 atom stereocenters. The van der Waals surface area contributed by atoms with Gasteiger partial charge < -0.3 is 33.7 Å². The molecule has 0 bridgehead atoms. The highest BCUT2D eigenvalue weighted by atomic mass is 32.2. The molecule has 0 aliphatic carbocycles. The van der Waals surface area contributed by atoms with Crippen LogP contribution in [0.15, 0.2) is 47.5 Å². The van der Waals surface area contributed by atoms with Crippen LogP contribution < -0.4 is 24.3 Å². The number of ether oxygens (including phenoxy) is 6. The third-order valence-electron chi connectivity index (χ3n) is 5.19. The minimum Gasteiger partial charge on any atom is -0.496 e. The van der Waals surface area contributed by atoms with Gasteiger partial charge in [-0.15, -0.1) is 0 Å². The monoisotopic (exact) mass is 563 g/mol. The van der Waals surface area contributed by atoms with Gasteiger partial charge in [0, 0.05) is 23.7 Å². The van der Waals surface area contributed by atoms with Crippen molar-refractivity contribution in [2.24, 2.45) is 0 Å². The Morgan fingerprint density at radius 3 is 1.87 bits per heavy atom. The fourth-order valence-corrected chi connectivity index (χ4v) is 4.46. The predicted molar refractivity (Wildman–Crippen MR) is 146 cm³/mol. The first-order valence-electron chi connectivity index (χ1n) is 11.8. The first-order chi connectivity index (χ1) is 18.6. The van der Waals surface area contributed by atoms with Crippen LogP contribution in [0.2, 0.25) is 0 Å². The van der Waals surface area contributed by atoms with Crippen molar-refractivity contribution in [3.8, 4) is 23.0 Å². The van der Waals surface area contributed by atoms with Gasteiger partial charge in [0.15, 0.2) is 15.4 Å². The highest BCUT2D eigenvalue weighted by Gasteiger charge is 2.21. The number of hydrogen-bond donors (Lipinski definition) is 1. The van der Waals surface area contributed by atoms with Crippen LogP contribution in [0.5, 0.6) is 23.0 Å². The van der Waals surface area contributed by atoms with E-state index in [-0.39, 0.29) is 24.5 Å². The molecule has 0 amide bonds. The van der Waals surface area contributed by atoms with Gasteiger partial charge in [0.25, 0.3) is 0 Å². The normalized spacial score (nSPS) is 10.9. The van der Waals surface area contributed by atoms with Gasteiger partial charge in [-0.05, 0) is 37.6 Å². The summed E-state index contributed by atoms with van der Waals surface area (Å²) in [4.78, 5) is 24.5. The van der Waals surface area contributed by atoms with Crippen molar-refractivity contribution in [3.05, 3.63) is 58.6 Å². The van der Waals surface area contributed by atoms with Gasteiger partial charge in [0.2, 0.25) is 0 Å². The van der Waals surface area contributed by atoms with Crippen LogP contribution in [0.3, 0.4) is 0 Å². The van der Waals surface area contributed by atoms with E-state index in [9.17, 15) is 18.0 Å². The summed E-state index contributed by atoms with van der Waals surface area (Å²) in [5.74, 6) is -0.493. The van der Waals surface area contributed by atoms with Gasteiger partial charge in [-0.1, -0.05) is 6.07 Å². The lowest BCUT2D eigenvalue weighted by atomic mass is 10.1. The van der Waals surface area contributed by atoms with E-state index >= 15 is 0 Å². The molecule has 0 unspecified atom stereocenters. The number of hydrogen-bond acceptors (Lipinski definition) is 11. The Labute approximate surface area is 228 Å². The van der Waals surface area contributed by atoms with Gasteiger partial charge >= 0.3 is 11.9 Å². The number of sulfone groups is 1. The van der Waals surface area contributed by atoms with Crippen LogP contribution >= 0.6 is 0 Å². The SMILES string of the molecule is CCOC(=O)C(=CNc1cc(CS(=O)(=O)C=Cc2c(OC)cc(OC)cc2OC)ccc1OC)C(=O)OCC. The van der Waals surface area contributed by atoms with Crippen molar-refractivity contribution in [3.63, 3.8) is 0 Å². The van der Waals surface area contributed by atoms with E-state index in [4.69, 9.17) is 28.4 Å². The zero-order chi connectivity index (χ0) is 29.0. The van der Waals surface area contributed by atoms with E-state index in [1.54, 1.807) is 38.1 Å². The smallest absolute Gasteiger partial charge is 0.347 e. The second kappa shape index (κ2) is 14.7. The number of methoxy groups -OCH3 is 4. The fourth-order valence-electron chi connectivity index (χ4n) is 3.38. The lowest BCUT2D eigenvalue weighted by molar-refractivity contribution is -0.146. The lowest BCUT2D eigenvalue weighted by Crippen LogP contribution is -2.19. The summed E-state index contributed by atoms with van der Waals surface area (Å²) in [5.41, 5.74) is 0.804. The lowest BCUT2D eigenvalue weighted by Gasteiger charge is -2.13. The maximum absolute atomic E-state index is 13.0. The molecule has 0 saturated carbocycles. The van der Waals surface area contributed by atoms with E-state index < -0.39 is 21.8 Å². The first kappa shape index (κ1) is 31.0. The Kier molecular flexibility index (Phi) is 11.7. The topological polar surface area (TPSA) is 136 Å². The maximum Gasteiger partial charge on any atom is 0.347 e. The molecule has 39 heavy (non-hydrogen) atoms. The highest BCUT2D eigenvalue weighted by molar-refractivity contribution is 7.93. The van der Waals surface area contributed by atoms with Crippen molar-refractivity contribution >= 4 is 33.5 Å². The van der Waals surface area contributed by atoms with Crippen LogP contribution in [0.4, 0.5) is 5.69 Å². The molecular formula is C27H33NO10S. The standard InChI is InChI=1S/C27H33NO10S/c1-7-37-26(29)21(27(30)38-8-2)16-28-22-13-18(9-10-23(22)34-4)17-39(31,32)12-11-20-24(35-5)14-19(33-3)15-25(20)36-6/h9-16,28H,7-8,17H2,1-6H3. The molecule has 0 aliphatic heterocycles. The van der Waals surface area contributed by atoms with Gasteiger partial charge in [0.1, 0.15) is 23.0 Å². The molecule has 2 aromatic carbocycles. The second-order valence-electron chi connectivity index (χ2n) is 7.73. The fraction of sp³-hybridized carbons (Fsp3) is 0.333. The summed E-state index contributed by atoms with van der Waals surface area (Å²) in [5, 5.41) is 3.89. The Morgan fingerprint density at radius 1 is 0.821 bits per heavy atom. The highest BCUT2D eigenvalue weighted by Crippen LogP contribution is 2.35. The third kappa shape index (κ3) is 8.67. The van der Waals surface area contributed by atoms with Gasteiger partial charge in [-0.25, -0.2) is 18.0 Å².